The molecule has 1 aromatic carbocycles. The second kappa shape index (κ2) is 7.38. The molecule has 1 rings (SSSR count). The van der Waals surface area contributed by atoms with Gasteiger partial charge in [-0.3, -0.25) is 9.59 Å². The highest BCUT2D eigenvalue weighted by molar-refractivity contribution is 9.10. The van der Waals surface area contributed by atoms with Gasteiger partial charge in [-0.15, -0.1) is 11.6 Å². The van der Waals surface area contributed by atoms with Crippen molar-refractivity contribution in [2.45, 2.75) is 13.3 Å². The molecule has 0 atom stereocenters. The Bertz CT molecular complexity index is 452. The molecule has 0 aromatic heterocycles. The average molecular weight is 334 g/mol. The van der Waals surface area contributed by atoms with Crippen LogP contribution < -0.4 is 10.6 Å². The minimum atomic E-state index is -0.671. The number of aryl methyl sites for hydroxylation is 1. The molecule has 0 aliphatic heterocycles. The Balaban J connectivity index is 2.56. The lowest BCUT2D eigenvalue weighted by atomic mass is 10.2. The largest absolute Gasteiger partial charge is 0.348 e. The van der Waals surface area contributed by atoms with Crippen LogP contribution in [0.15, 0.2) is 22.7 Å². The van der Waals surface area contributed by atoms with Gasteiger partial charge >= 0.3 is 11.8 Å². The SMILES string of the molecule is Cc1cc(Br)ccc1NC(=O)C(=O)NCCCCl. The number of alkyl halides is 1. The zero-order valence-corrected chi connectivity index (χ0v) is 12.3. The molecule has 2 amide bonds. The first-order chi connectivity index (χ1) is 8.54. The predicted molar refractivity (Wildman–Crippen MR) is 75.9 cm³/mol. The monoisotopic (exact) mass is 332 g/mol. The fraction of sp³-hybridized carbons (Fsp3) is 0.333. The number of halogens is 2. The van der Waals surface area contributed by atoms with E-state index in [4.69, 9.17) is 11.6 Å². The van der Waals surface area contributed by atoms with Crippen LogP contribution >= 0.6 is 27.5 Å². The number of hydrogen-bond acceptors (Lipinski definition) is 2. The number of rotatable bonds is 4. The molecular weight excluding hydrogens is 320 g/mol. The first kappa shape index (κ1) is 15.0. The third-order valence-corrected chi connectivity index (χ3v) is 3.00. The van der Waals surface area contributed by atoms with E-state index in [-0.39, 0.29) is 0 Å². The van der Waals surface area contributed by atoms with Crippen molar-refractivity contribution in [3.63, 3.8) is 0 Å². The second-order valence-corrected chi connectivity index (χ2v) is 5.01. The van der Waals surface area contributed by atoms with Crippen LogP contribution in [0.4, 0.5) is 5.69 Å². The summed E-state index contributed by atoms with van der Waals surface area (Å²) in [5.41, 5.74) is 1.50. The quantitative estimate of drug-likeness (QED) is 0.505. The molecule has 98 valence electrons. The number of anilines is 1. The maximum absolute atomic E-state index is 11.6. The first-order valence-corrected chi connectivity index (χ1v) is 6.78. The third-order valence-electron chi connectivity index (χ3n) is 2.24. The summed E-state index contributed by atoms with van der Waals surface area (Å²) in [7, 11) is 0. The molecule has 0 saturated carbocycles. The Labute approximate surface area is 119 Å². The minimum absolute atomic E-state index is 0.398. The lowest BCUT2D eigenvalue weighted by molar-refractivity contribution is -0.136. The topological polar surface area (TPSA) is 58.2 Å². The normalized spacial score (nSPS) is 9.94. The number of carbonyl (C=O) groups is 2. The fourth-order valence-electron chi connectivity index (χ4n) is 1.30. The van der Waals surface area contributed by atoms with E-state index in [1.54, 1.807) is 12.1 Å². The van der Waals surface area contributed by atoms with Crippen molar-refractivity contribution < 1.29 is 9.59 Å². The van der Waals surface area contributed by atoms with Crippen LogP contribution in [0.2, 0.25) is 0 Å². The lowest BCUT2D eigenvalue weighted by Gasteiger charge is -2.08. The zero-order chi connectivity index (χ0) is 13.5. The summed E-state index contributed by atoms with van der Waals surface area (Å²) in [4.78, 5) is 23.0. The van der Waals surface area contributed by atoms with Crippen LogP contribution in [-0.4, -0.2) is 24.2 Å². The average Bonchev–Trinajstić information content (AvgIpc) is 2.32. The second-order valence-electron chi connectivity index (χ2n) is 3.71. The Hall–Kier alpha value is -1.07. The van der Waals surface area contributed by atoms with E-state index in [0.717, 1.165) is 10.0 Å². The summed E-state index contributed by atoms with van der Waals surface area (Å²) < 4.78 is 0.921. The van der Waals surface area contributed by atoms with Gasteiger partial charge in [0, 0.05) is 22.6 Å². The maximum atomic E-state index is 11.6. The third kappa shape index (κ3) is 4.66. The molecule has 0 spiro atoms. The van der Waals surface area contributed by atoms with Gasteiger partial charge in [-0.25, -0.2) is 0 Å². The van der Waals surface area contributed by atoms with Gasteiger partial charge in [-0.05, 0) is 37.1 Å². The van der Waals surface area contributed by atoms with E-state index in [1.807, 2.05) is 13.0 Å². The highest BCUT2D eigenvalue weighted by atomic mass is 79.9. The summed E-state index contributed by atoms with van der Waals surface area (Å²) in [5.74, 6) is -0.870. The maximum Gasteiger partial charge on any atom is 0.313 e. The van der Waals surface area contributed by atoms with Crippen molar-refractivity contribution in [2.24, 2.45) is 0 Å². The smallest absolute Gasteiger partial charge is 0.313 e. The van der Waals surface area contributed by atoms with Crippen molar-refractivity contribution in [1.82, 2.24) is 5.32 Å². The van der Waals surface area contributed by atoms with Gasteiger partial charge in [0.15, 0.2) is 0 Å². The molecule has 6 heteroatoms. The Morgan fingerprint density at radius 1 is 1.33 bits per heavy atom. The highest BCUT2D eigenvalue weighted by Gasteiger charge is 2.13. The molecule has 0 saturated heterocycles. The van der Waals surface area contributed by atoms with Crippen molar-refractivity contribution in [2.75, 3.05) is 17.7 Å². The van der Waals surface area contributed by atoms with Gasteiger partial charge < -0.3 is 10.6 Å². The summed E-state index contributed by atoms with van der Waals surface area (Å²) in [6.07, 6.45) is 0.637. The summed E-state index contributed by atoms with van der Waals surface area (Å²) in [5, 5.41) is 5.05. The predicted octanol–water partition coefficient (Wildman–Crippen LogP) is 2.44. The van der Waals surface area contributed by atoms with Crippen LogP contribution in [0, 0.1) is 6.92 Å². The van der Waals surface area contributed by atoms with E-state index in [0.29, 0.717) is 24.5 Å². The minimum Gasteiger partial charge on any atom is -0.348 e. The standard InChI is InChI=1S/C12H14BrClN2O2/c1-8-7-9(13)3-4-10(8)16-12(18)11(17)15-6-2-5-14/h3-4,7H,2,5-6H2,1H3,(H,15,17)(H,16,18). The van der Waals surface area contributed by atoms with Crippen LogP contribution in [-0.2, 0) is 9.59 Å². The van der Waals surface area contributed by atoms with Crippen molar-refractivity contribution in [1.29, 1.82) is 0 Å². The van der Waals surface area contributed by atoms with Crippen LogP contribution in [0.1, 0.15) is 12.0 Å². The van der Waals surface area contributed by atoms with Gasteiger partial charge in [0.25, 0.3) is 0 Å². The highest BCUT2D eigenvalue weighted by Crippen LogP contribution is 2.19. The molecule has 1 aromatic rings. The molecule has 0 unspecified atom stereocenters. The number of hydrogen-bond donors (Lipinski definition) is 2. The number of benzene rings is 1. The van der Waals surface area contributed by atoms with Gasteiger partial charge in [-0.1, -0.05) is 15.9 Å². The van der Waals surface area contributed by atoms with Crippen molar-refractivity contribution in [3.05, 3.63) is 28.2 Å². The van der Waals surface area contributed by atoms with Crippen LogP contribution in [0.25, 0.3) is 0 Å². The molecule has 0 aliphatic rings. The van der Waals surface area contributed by atoms with Gasteiger partial charge in [0.2, 0.25) is 0 Å². The summed E-state index contributed by atoms with van der Waals surface area (Å²) in [6, 6.07) is 5.40. The zero-order valence-electron chi connectivity index (χ0n) is 9.93. The van der Waals surface area contributed by atoms with Gasteiger partial charge in [0.1, 0.15) is 0 Å². The van der Waals surface area contributed by atoms with Crippen LogP contribution in [0.3, 0.4) is 0 Å². The summed E-state index contributed by atoms with van der Waals surface area (Å²) in [6.45, 7) is 2.25. The number of carbonyl (C=O) groups excluding carboxylic acids is 2. The van der Waals surface area contributed by atoms with Crippen molar-refractivity contribution in [3.8, 4) is 0 Å². The molecule has 18 heavy (non-hydrogen) atoms. The number of amides is 2. The molecule has 0 heterocycles. The molecule has 0 radical (unpaired) electrons. The molecular formula is C12H14BrClN2O2. The van der Waals surface area contributed by atoms with E-state index < -0.39 is 11.8 Å². The van der Waals surface area contributed by atoms with E-state index in [9.17, 15) is 9.59 Å². The number of nitrogens with one attached hydrogen (secondary N) is 2. The fourth-order valence-corrected chi connectivity index (χ4v) is 1.90. The van der Waals surface area contributed by atoms with E-state index in [1.165, 1.54) is 0 Å². The molecule has 0 fully saturated rings. The molecule has 0 aliphatic carbocycles. The first-order valence-electron chi connectivity index (χ1n) is 5.46. The van der Waals surface area contributed by atoms with Crippen LogP contribution in [0.5, 0.6) is 0 Å². The Morgan fingerprint density at radius 3 is 2.67 bits per heavy atom. The lowest BCUT2D eigenvalue weighted by Crippen LogP contribution is -2.36. The molecule has 2 N–H and O–H groups in total. The van der Waals surface area contributed by atoms with Gasteiger partial charge in [-0.2, -0.15) is 0 Å². The Morgan fingerprint density at radius 2 is 2.06 bits per heavy atom. The molecule has 4 nitrogen and oxygen atoms in total. The van der Waals surface area contributed by atoms with E-state index in [2.05, 4.69) is 26.6 Å². The van der Waals surface area contributed by atoms with Gasteiger partial charge in [0.05, 0.1) is 0 Å². The summed E-state index contributed by atoms with van der Waals surface area (Å²) >= 11 is 8.80. The van der Waals surface area contributed by atoms with Crippen molar-refractivity contribution >= 4 is 45.0 Å². The Kier molecular flexibility index (Phi) is 6.15. The molecule has 0 bridgehead atoms. The van der Waals surface area contributed by atoms with E-state index >= 15 is 0 Å².